The third kappa shape index (κ3) is 3.65. The number of aliphatic hydroxyl groups is 3. The van der Waals surface area contributed by atoms with E-state index in [1.54, 1.807) is 0 Å². The van der Waals surface area contributed by atoms with Gasteiger partial charge in [0.15, 0.2) is 0 Å². The molecule has 0 bridgehead atoms. The van der Waals surface area contributed by atoms with Crippen molar-refractivity contribution in [1.29, 1.82) is 0 Å². The molecule has 4 N–H and O–H groups in total. The van der Waals surface area contributed by atoms with Gasteiger partial charge in [-0.15, -0.1) is 0 Å². The molecule has 21 heavy (non-hydrogen) atoms. The van der Waals surface area contributed by atoms with Crippen molar-refractivity contribution in [2.24, 2.45) is 0 Å². The van der Waals surface area contributed by atoms with Gasteiger partial charge in [0.05, 0.1) is 24.8 Å². The Kier molecular flexibility index (Phi) is 4.72. The molecule has 1 aromatic rings. The van der Waals surface area contributed by atoms with E-state index in [0.29, 0.717) is 0 Å². The fraction of sp³-hybridized carbons (Fsp3) is 0.538. The molecule has 0 amide bonds. The lowest BCUT2D eigenvalue weighted by molar-refractivity contribution is -0.152. The minimum atomic E-state index is -4.46. The van der Waals surface area contributed by atoms with Crippen molar-refractivity contribution in [2.45, 2.75) is 30.5 Å². The lowest BCUT2D eigenvalue weighted by Crippen LogP contribution is -2.56. The highest BCUT2D eigenvalue weighted by Gasteiger charge is 2.38. The molecular weight excluding hydrogens is 291 g/mol. The van der Waals surface area contributed by atoms with Crippen molar-refractivity contribution < 1.29 is 33.2 Å². The van der Waals surface area contributed by atoms with Crippen LogP contribution < -0.4 is 5.32 Å². The number of benzene rings is 1. The van der Waals surface area contributed by atoms with Gasteiger partial charge in [0, 0.05) is 5.69 Å². The fourth-order valence-electron chi connectivity index (χ4n) is 2.17. The number of nitrogens with one attached hydrogen (secondary N) is 1. The molecule has 1 saturated heterocycles. The van der Waals surface area contributed by atoms with E-state index in [0.717, 1.165) is 12.1 Å². The van der Waals surface area contributed by atoms with Crippen LogP contribution in [0.5, 0.6) is 0 Å². The predicted octanol–water partition coefficient (Wildman–Crippen LogP) is 0.599. The van der Waals surface area contributed by atoms with Crippen LogP contribution in [0.1, 0.15) is 5.56 Å². The van der Waals surface area contributed by atoms with Crippen LogP contribution in [-0.2, 0) is 10.9 Å². The van der Waals surface area contributed by atoms with Gasteiger partial charge in [-0.2, -0.15) is 13.2 Å². The summed E-state index contributed by atoms with van der Waals surface area (Å²) < 4.78 is 43.0. The topological polar surface area (TPSA) is 82.0 Å². The molecule has 0 unspecified atom stereocenters. The maximum absolute atomic E-state index is 12.6. The van der Waals surface area contributed by atoms with Crippen molar-refractivity contribution >= 4 is 5.69 Å². The molecule has 1 aliphatic rings. The third-order valence-corrected chi connectivity index (χ3v) is 3.35. The lowest BCUT2D eigenvalue weighted by atomic mass is 9.98. The molecule has 1 aromatic carbocycles. The van der Waals surface area contributed by atoms with E-state index < -0.39 is 42.7 Å². The van der Waals surface area contributed by atoms with Crippen LogP contribution in [0.15, 0.2) is 24.3 Å². The monoisotopic (exact) mass is 307 g/mol. The lowest BCUT2D eigenvalue weighted by Gasteiger charge is -2.37. The molecular formula is C13H16F3NO4. The molecule has 8 heteroatoms. The van der Waals surface area contributed by atoms with Crippen LogP contribution in [0, 0.1) is 0 Å². The normalized spacial score (nSPS) is 30.2. The molecule has 118 valence electrons. The Balaban J connectivity index is 2.08. The Morgan fingerprint density at radius 3 is 2.57 bits per heavy atom. The molecule has 0 saturated carbocycles. The second-order valence-electron chi connectivity index (χ2n) is 4.86. The molecule has 0 aromatic heterocycles. The van der Waals surface area contributed by atoms with Crippen LogP contribution in [0.4, 0.5) is 18.9 Å². The van der Waals surface area contributed by atoms with Crippen LogP contribution in [0.25, 0.3) is 0 Å². The summed E-state index contributed by atoms with van der Waals surface area (Å²) >= 11 is 0. The largest absolute Gasteiger partial charge is 0.416 e. The Hall–Kier alpha value is -1.35. The molecule has 0 radical (unpaired) electrons. The number of hydrogen-bond acceptors (Lipinski definition) is 5. The summed E-state index contributed by atoms with van der Waals surface area (Å²) in [5, 5.41) is 31.3. The zero-order valence-corrected chi connectivity index (χ0v) is 10.9. The summed E-state index contributed by atoms with van der Waals surface area (Å²) in [6, 6.07) is 3.75. The van der Waals surface area contributed by atoms with E-state index in [9.17, 15) is 23.4 Å². The average Bonchev–Trinajstić information content (AvgIpc) is 2.44. The number of rotatable bonds is 3. The summed E-state index contributed by atoms with van der Waals surface area (Å²) in [6.45, 7) is -0.492. The number of alkyl halides is 3. The van der Waals surface area contributed by atoms with Crippen LogP contribution >= 0.6 is 0 Å². The SMILES string of the molecule is OC[C@H]1OC[C@H](Nc2cccc(C(F)(F)F)c2)[C@@H](O)[C@H]1O. The summed E-state index contributed by atoms with van der Waals surface area (Å²) in [5.41, 5.74) is -0.653. The number of anilines is 1. The van der Waals surface area contributed by atoms with Crippen molar-refractivity contribution in [3.8, 4) is 0 Å². The van der Waals surface area contributed by atoms with Gasteiger partial charge in [-0.25, -0.2) is 0 Å². The van der Waals surface area contributed by atoms with E-state index in [4.69, 9.17) is 9.84 Å². The molecule has 4 atom stereocenters. The summed E-state index contributed by atoms with van der Waals surface area (Å²) in [4.78, 5) is 0. The molecule has 0 spiro atoms. The van der Waals surface area contributed by atoms with Gasteiger partial charge < -0.3 is 25.4 Å². The molecule has 0 aliphatic carbocycles. The first-order valence-corrected chi connectivity index (χ1v) is 6.35. The highest BCUT2D eigenvalue weighted by Crippen LogP contribution is 2.31. The summed E-state index contributed by atoms with van der Waals surface area (Å²) in [7, 11) is 0. The first-order chi connectivity index (χ1) is 9.82. The number of ether oxygens (including phenoxy) is 1. The van der Waals surface area contributed by atoms with Gasteiger partial charge in [0.2, 0.25) is 0 Å². The van der Waals surface area contributed by atoms with Crippen molar-refractivity contribution in [1.82, 2.24) is 0 Å². The quantitative estimate of drug-likeness (QED) is 0.657. The minimum Gasteiger partial charge on any atom is -0.394 e. The fourth-order valence-corrected chi connectivity index (χ4v) is 2.17. The number of halogens is 3. The number of hydrogen-bond donors (Lipinski definition) is 4. The zero-order chi connectivity index (χ0) is 15.6. The minimum absolute atomic E-state index is 0.0420. The molecule has 2 rings (SSSR count). The Bertz CT molecular complexity index is 483. The van der Waals surface area contributed by atoms with Gasteiger partial charge in [0.1, 0.15) is 18.3 Å². The Morgan fingerprint density at radius 1 is 1.24 bits per heavy atom. The van der Waals surface area contributed by atoms with Gasteiger partial charge in [-0.1, -0.05) is 6.07 Å². The summed E-state index contributed by atoms with van der Waals surface area (Å²) in [5.74, 6) is 0. The smallest absolute Gasteiger partial charge is 0.394 e. The second-order valence-corrected chi connectivity index (χ2v) is 4.86. The maximum atomic E-state index is 12.6. The van der Waals surface area contributed by atoms with E-state index in [-0.39, 0.29) is 12.3 Å². The first kappa shape index (κ1) is 16.0. The van der Waals surface area contributed by atoms with Crippen LogP contribution in [0.2, 0.25) is 0 Å². The highest BCUT2D eigenvalue weighted by molar-refractivity contribution is 5.47. The first-order valence-electron chi connectivity index (χ1n) is 6.35. The number of aliphatic hydroxyl groups excluding tert-OH is 3. The predicted molar refractivity (Wildman–Crippen MR) is 67.7 cm³/mol. The van der Waals surface area contributed by atoms with Gasteiger partial charge in [-0.3, -0.25) is 0 Å². The van der Waals surface area contributed by atoms with Crippen molar-refractivity contribution in [3.63, 3.8) is 0 Å². The zero-order valence-electron chi connectivity index (χ0n) is 10.9. The molecule has 5 nitrogen and oxygen atoms in total. The van der Waals surface area contributed by atoms with E-state index in [1.165, 1.54) is 12.1 Å². The van der Waals surface area contributed by atoms with Crippen LogP contribution in [-0.4, -0.2) is 52.9 Å². The van der Waals surface area contributed by atoms with Gasteiger partial charge in [0.25, 0.3) is 0 Å². The maximum Gasteiger partial charge on any atom is 0.416 e. The molecule has 1 aliphatic heterocycles. The third-order valence-electron chi connectivity index (χ3n) is 3.35. The van der Waals surface area contributed by atoms with Gasteiger partial charge in [-0.05, 0) is 18.2 Å². The van der Waals surface area contributed by atoms with Gasteiger partial charge >= 0.3 is 6.18 Å². The molecule has 1 heterocycles. The Morgan fingerprint density at radius 2 is 1.95 bits per heavy atom. The van der Waals surface area contributed by atoms with Crippen molar-refractivity contribution in [2.75, 3.05) is 18.5 Å². The standard InChI is InChI=1S/C13H16F3NO4/c14-13(15,16)7-2-1-3-8(4-7)17-9-6-21-10(5-18)12(20)11(9)19/h1-4,9-12,17-20H,5-6H2/t9-,10+,11+,12-/m0/s1. The molecule has 1 fully saturated rings. The van der Waals surface area contributed by atoms with E-state index in [2.05, 4.69) is 5.32 Å². The van der Waals surface area contributed by atoms with Crippen LogP contribution in [0.3, 0.4) is 0 Å². The summed E-state index contributed by atoms with van der Waals surface area (Å²) in [6.07, 6.45) is -7.93. The van der Waals surface area contributed by atoms with Crippen molar-refractivity contribution in [3.05, 3.63) is 29.8 Å². The van der Waals surface area contributed by atoms with E-state index >= 15 is 0 Å². The second kappa shape index (κ2) is 6.18. The average molecular weight is 307 g/mol. The van der Waals surface area contributed by atoms with E-state index in [1.807, 2.05) is 0 Å². The highest BCUT2D eigenvalue weighted by atomic mass is 19.4. The Labute approximate surface area is 119 Å².